The van der Waals surface area contributed by atoms with Crippen molar-refractivity contribution in [2.75, 3.05) is 18.4 Å². The van der Waals surface area contributed by atoms with Crippen molar-refractivity contribution >= 4 is 11.7 Å². The maximum atomic E-state index is 11.9. The molecule has 1 aliphatic rings. The molecule has 0 bridgehead atoms. The third-order valence-electron chi connectivity index (χ3n) is 3.43. The van der Waals surface area contributed by atoms with Crippen LogP contribution in [0.3, 0.4) is 0 Å². The standard InChI is InChI=1S/C14H19N5O/c1-10(2)14(20)19-5-3-11(4-6-19)18-13-7-12(8-15)16-9-17-13/h7,9-11H,3-6H2,1-2H3,(H,16,17,18). The summed E-state index contributed by atoms with van der Waals surface area (Å²) in [6, 6.07) is 3.92. The zero-order valence-corrected chi connectivity index (χ0v) is 11.8. The molecule has 1 amide bonds. The molecular formula is C14H19N5O. The summed E-state index contributed by atoms with van der Waals surface area (Å²) >= 11 is 0. The summed E-state index contributed by atoms with van der Waals surface area (Å²) in [4.78, 5) is 21.8. The molecule has 20 heavy (non-hydrogen) atoms. The van der Waals surface area contributed by atoms with Crippen molar-refractivity contribution in [3.8, 4) is 6.07 Å². The van der Waals surface area contributed by atoms with E-state index in [1.807, 2.05) is 24.8 Å². The van der Waals surface area contributed by atoms with Gasteiger partial charge >= 0.3 is 0 Å². The van der Waals surface area contributed by atoms with Crippen LogP contribution in [0.4, 0.5) is 5.82 Å². The molecule has 6 nitrogen and oxygen atoms in total. The molecule has 0 radical (unpaired) electrons. The van der Waals surface area contributed by atoms with Crippen molar-refractivity contribution < 1.29 is 4.79 Å². The van der Waals surface area contributed by atoms with Gasteiger partial charge in [0.05, 0.1) is 0 Å². The molecule has 1 fully saturated rings. The number of rotatable bonds is 3. The second-order valence-electron chi connectivity index (χ2n) is 5.30. The first-order chi connectivity index (χ1) is 9.60. The fourth-order valence-electron chi connectivity index (χ4n) is 2.32. The van der Waals surface area contributed by atoms with Crippen LogP contribution >= 0.6 is 0 Å². The molecular weight excluding hydrogens is 254 g/mol. The van der Waals surface area contributed by atoms with Crippen LogP contribution in [0, 0.1) is 17.2 Å². The Kier molecular flexibility index (Phi) is 4.51. The average Bonchev–Trinajstić information content (AvgIpc) is 2.47. The van der Waals surface area contributed by atoms with E-state index in [1.54, 1.807) is 6.07 Å². The molecule has 0 spiro atoms. The number of nitrogens with one attached hydrogen (secondary N) is 1. The fourth-order valence-corrected chi connectivity index (χ4v) is 2.32. The molecule has 1 aromatic heterocycles. The number of amides is 1. The molecule has 1 N–H and O–H groups in total. The Morgan fingerprint density at radius 3 is 2.75 bits per heavy atom. The van der Waals surface area contributed by atoms with Crippen molar-refractivity contribution in [2.24, 2.45) is 5.92 Å². The van der Waals surface area contributed by atoms with Crippen LogP contribution in [0.15, 0.2) is 12.4 Å². The number of likely N-dealkylation sites (tertiary alicyclic amines) is 1. The number of hydrogen-bond acceptors (Lipinski definition) is 5. The van der Waals surface area contributed by atoms with Gasteiger partial charge in [0, 0.05) is 31.1 Å². The Morgan fingerprint density at radius 2 is 2.15 bits per heavy atom. The van der Waals surface area contributed by atoms with Gasteiger partial charge in [-0.25, -0.2) is 9.97 Å². The summed E-state index contributed by atoms with van der Waals surface area (Å²) in [5, 5.41) is 12.1. The van der Waals surface area contributed by atoms with Crippen molar-refractivity contribution in [2.45, 2.75) is 32.7 Å². The molecule has 0 unspecified atom stereocenters. The zero-order chi connectivity index (χ0) is 14.5. The van der Waals surface area contributed by atoms with E-state index in [0.29, 0.717) is 11.5 Å². The van der Waals surface area contributed by atoms with Gasteiger partial charge in [-0.2, -0.15) is 5.26 Å². The van der Waals surface area contributed by atoms with Crippen LogP contribution in [0.25, 0.3) is 0 Å². The van der Waals surface area contributed by atoms with Crippen LogP contribution in [0.1, 0.15) is 32.4 Å². The fraction of sp³-hybridized carbons (Fsp3) is 0.571. The Bertz CT molecular complexity index is 515. The van der Waals surface area contributed by atoms with E-state index in [2.05, 4.69) is 15.3 Å². The lowest BCUT2D eigenvalue weighted by atomic mass is 10.0. The highest BCUT2D eigenvalue weighted by Crippen LogP contribution is 2.17. The average molecular weight is 273 g/mol. The van der Waals surface area contributed by atoms with E-state index in [4.69, 9.17) is 5.26 Å². The molecule has 0 aromatic carbocycles. The van der Waals surface area contributed by atoms with Gasteiger partial charge < -0.3 is 10.2 Å². The summed E-state index contributed by atoms with van der Waals surface area (Å²) < 4.78 is 0. The lowest BCUT2D eigenvalue weighted by molar-refractivity contribution is -0.135. The molecule has 106 valence electrons. The third kappa shape index (κ3) is 3.44. The highest BCUT2D eigenvalue weighted by molar-refractivity contribution is 5.78. The summed E-state index contributed by atoms with van der Waals surface area (Å²) in [5.41, 5.74) is 0.356. The highest BCUT2D eigenvalue weighted by atomic mass is 16.2. The second kappa shape index (κ2) is 6.33. The van der Waals surface area contributed by atoms with Crippen LogP contribution in [0.5, 0.6) is 0 Å². The first-order valence-electron chi connectivity index (χ1n) is 6.87. The minimum atomic E-state index is 0.0551. The van der Waals surface area contributed by atoms with Gasteiger partial charge in [-0.15, -0.1) is 0 Å². The van der Waals surface area contributed by atoms with E-state index in [9.17, 15) is 4.79 Å². The molecule has 6 heteroatoms. The second-order valence-corrected chi connectivity index (χ2v) is 5.30. The van der Waals surface area contributed by atoms with E-state index >= 15 is 0 Å². The lowest BCUT2D eigenvalue weighted by Crippen LogP contribution is -2.44. The van der Waals surface area contributed by atoms with Gasteiger partial charge in [0.2, 0.25) is 5.91 Å². The number of carbonyl (C=O) groups excluding carboxylic acids is 1. The molecule has 1 saturated heterocycles. The molecule has 0 saturated carbocycles. The molecule has 1 aliphatic heterocycles. The van der Waals surface area contributed by atoms with E-state index < -0.39 is 0 Å². The van der Waals surface area contributed by atoms with Crippen LogP contribution < -0.4 is 5.32 Å². The van der Waals surface area contributed by atoms with E-state index in [0.717, 1.165) is 25.9 Å². The zero-order valence-electron chi connectivity index (χ0n) is 11.8. The maximum absolute atomic E-state index is 11.9. The SMILES string of the molecule is CC(C)C(=O)N1CCC(Nc2cc(C#N)ncn2)CC1. The van der Waals surface area contributed by atoms with Crippen LogP contribution in [-0.2, 0) is 4.79 Å². The predicted molar refractivity (Wildman–Crippen MR) is 74.8 cm³/mol. The largest absolute Gasteiger partial charge is 0.367 e. The summed E-state index contributed by atoms with van der Waals surface area (Å²) in [6.45, 7) is 5.39. The third-order valence-corrected chi connectivity index (χ3v) is 3.43. The minimum absolute atomic E-state index is 0.0551. The quantitative estimate of drug-likeness (QED) is 0.900. The molecule has 0 aliphatic carbocycles. The van der Waals surface area contributed by atoms with Crippen molar-refractivity contribution in [1.29, 1.82) is 5.26 Å². The topological polar surface area (TPSA) is 81.9 Å². The van der Waals surface area contributed by atoms with Gasteiger partial charge in [-0.05, 0) is 12.8 Å². The van der Waals surface area contributed by atoms with Crippen molar-refractivity contribution in [3.05, 3.63) is 18.1 Å². The summed E-state index contributed by atoms with van der Waals surface area (Å²) in [6.07, 6.45) is 3.17. The highest BCUT2D eigenvalue weighted by Gasteiger charge is 2.24. The molecule has 2 heterocycles. The first kappa shape index (κ1) is 14.3. The van der Waals surface area contributed by atoms with Crippen LogP contribution in [-0.4, -0.2) is 39.9 Å². The number of anilines is 1. The number of aromatic nitrogens is 2. The predicted octanol–water partition coefficient (Wildman–Crippen LogP) is 1.41. The van der Waals surface area contributed by atoms with Gasteiger partial charge in [-0.1, -0.05) is 13.8 Å². The normalized spacial score (nSPS) is 16.0. The number of nitriles is 1. The Labute approximate surface area is 118 Å². The Balaban J connectivity index is 1.88. The van der Waals surface area contributed by atoms with Crippen molar-refractivity contribution in [3.63, 3.8) is 0 Å². The Morgan fingerprint density at radius 1 is 1.45 bits per heavy atom. The van der Waals surface area contributed by atoms with Crippen molar-refractivity contribution in [1.82, 2.24) is 14.9 Å². The molecule has 2 rings (SSSR count). The molecule has 0 atom stereocenters. The van der Waals surface area contributed by atoms with Gasteiger partial charge in [0.1, 0.15) is 23.9 Å². The minimum Gasteiger partial charge on any atom is -0.367 e. The smallest absolute Gasteiger partial charge is 0.225 e. The summed E-state index contributed by atoms with van der Waals surface area (Å²) in [7, 11) is 0. The first-order valence-corrected chi connectivity index (χ1v) is 6.87. The van der Waals surface area contributed by atoms with Gasteiger partial charge in [-0.3, -0.25) is 4.79 Å². The number of carbonyl (C=O) groups is 1. The van der Waals surface area contributed by atoms with Crippen LogP contribution in [0.2, 0.25) is 0 Å². The Hall–Kier alpha value is -2.16. The molecule has 1 aromatic rings. The maximum Gasteiger partial charge on any atom is 0.225 e. The monoisotopic (exact) mass is 273 g/mol. The summed E-state index contributed by atoms with van der Waals surface area (Å²) in [5.74, 6) is 0.946. The number of piperidine rings is 1. The van der Waals surface area contributed by atoms with E-state index in [-0.39, 0.29) is 17.9 Å². The number of hydrogen-bond donors (Lipinski definition) is 1. The van der Waals surface area contributed by atoms with Gasteiger partial charge in [0.25, 0.3) is 0 Å². The van der Waals surface area contributed by atoms with E-state index in [1.165, 1.54) is 6.33 Å². The van der Waals surface area contributed by atoms with Gasteiger partial charge in [0.15, 0.2) is 0 Å². The lowest BCUT2D eigenvalue weighted by Gasteiger charge is -2.33. The number of nitrogens with zero attached hydrogens (tertiary/aromatic N) is 4.